The van der Waals surface area contributed by atoms with Crippen LogP contribution in [-0.4, -0.2) is 24.7 Å². The van der Waals surface area contributed by atoms with E-state index in [1.165, 1.54) is 4.57 Å². The monoisotopic (exact) mass is 307 g/mol. The summed E-state index contributed by atoms with van der Waals surface area (Å²) in [5, 5.41) is 0. The van der Waals surface area contributed by atoms with Crippen LogP contribution >= 0.6 is 0 Å². The van der Waals surface area contributed by atoms with Gasteiger partial charge in [-0.15, -0.1) is 0 Å². The summed E-state index contributed by atoms with van der Waals surface area (Å²) in [6.07, 6.45) is 2.22. The quantitative estimate of drug-likeness (QED) is 0.847. The molecule has 0 amide bonds. The van der Waals surface area contributed by atoms with Crippen molar-refractivity contribution in [2.45, 2.75) is 59.2 Å². The maximum Gasteiger partial charge on any atom is 0.332 e. The van der Waals surface area contributed by atoms with Gasteiger partial charge in [0.15, 0.2) is 11.2 Å². The maximum absolute atomic E-state index is 12.7. The summed E-state index contributed by atoms with van der Waals surface area (Å²) in [7, 11) is 1.82. The van der Waals surface area contributed by atoms with Crippen LogP contribution in [0.4, 0.5) is 0 Å². The van der Waals surface area contributed by atoms with Gasteiger partial charge in [-0.25, -0.2) is 9.78 Å². The fraction of sp³-hybridized carbons (Fsp3) is 0.667. The number of aromatic nitrogens is 4. The standard InChI is InChI=1S/C15H25N5O2/c1-5-8-19-13-12(18(4)11(7-3)17-13)14(21)20(15(19)22)9-10(16)6-2/h10H,5-9,16H2,1-4H3. The van der Waals surface area contributed by atoms with E-state index in [1.54, 1.807) is 9.13 Å². The van der Waals surface area contributed by atoms with Crippen molar-refractivity contribution in [3.8, 4) is 0 Å². The molecule has 0 radical (unpaired) electrons. The van der Waals surface area contributed by atoms with Gasteiger partial charge in [0.05, 0.1) is 0 Å². The van der Waals surface area contributed by atoms with E-state index in [0.717, 1.165) is 12.2 Å². The molecule has 0 spiro atoms. The minimum Gasteiger partial charge on any atom is -0.326 e. The second-order valence-corrected chi connectivity index (χ2v) is 5.63. The molecule has 2 N–H and O–H groups in total. The summed E-state index contributed by atoms with van der Waals surface area (Å²) in [5.74, 6) is 0.800. The number of hydrogen-bond acceptors (Lipinski definition) is 4. The van der Waals surface area contributed by atoms with E-state index in [2.05, 4.69) is 4.98 Å². The third-order valence-electron chi connectivity index (χ3n) is 4.04. The van der Waals surface area contributed by atoms with E-state index in [9.17, 15) is 9.59 Å². The first-order valence-corrected chi connectivity index (χ1v) is 7.90. The van der Waals surface area contributed by atoms with E-state index in [1.807, 2.05) is 27.8 Å². The Hall–Kier alpha value is -1.89. The maximum atomic E-state index is 12.7. The summed E-state index contributed by atoms with van der Waals surface area (Å²) in [6.45, 7) is 6.69. The molecule has 0 bridgehead atoms. The fourth-order valence-electron chi connectivity index (χ4n) is 2.67. The fourth-order valence-corrected chi connectivity index (χ4v) is 2.67. The van der Waals surface area contributed by atoms with Crippen molar-refractivity contribution >= 4 is 11.2 Å². The van der Waals surface area contributed by atoms with Gasteiger partial charge in [0.1, 0.15) is 5.82 Å². The molecule has 0 aliphatic carbocycles. The molecule has 2 heterocycles. The van der Waals surface area contributed by atoms with Crippen LogP contribution in [0.1, 0.15) is 39.4 Å². The van der Waals surface area contributed by atoms with E-state index >= 15 is 0 Å². The predicted molar refractivity (Wildman–Crippen MR) is 87.2 cm³/mol. The lowest BCUT2D eigenvalue weighted by Gasteiger charge is -2.14. The van der Waals surface area contributed by atoms with Crippen LogP contribution in [0.5, 0.6) is 0 Å². The number of imidazole rings is 1. The van der Waals surface area contributed by atoms with Gasteiger partial charge in [-0.3, -0.25) is 13.9 Å². The SMILES string of the molecule is CCCn1c(=O)n(CC(N)CC)c(=O)c2c1nc(CC)n2C. The highest BCUT2D eigenvalue weighted by Crippen LogP contribution is 2.11. The molecule has 7 nitrogen and oxygen atoms in total. The minimum absolute atomic E-state index is 0.211. The predicted octanol–water partition coefficient (Wildman–Crippen LogP) is 0.606. The Labute approximate surface area is 129 Å². The van der Waals surface area contributed by atoms with E-state index in [0.29, 0.717) is 30.6 Å². The van der Waals surface area contributed by atoms with Crippen LogP contribution in [0.25, 0.3) is 11.2 Å². The Morgan fingerprint density at radius 3 is 2.41 bits per heavy atom. The van der Waals surface area contributed by atoms with E-state index in [4.69, 9.17) is 5.73 Å². The molecule has 2 aromatic heterocycles. The minimum atomic E-state index is -0.316. The average Bonchev–Trinajstić information content (AvgIpc) is 2.84. The van der Waals surface area contributed by atoms with Crippen LogP contribution in [-0.2, 0) is 26.6 Å². The Balaban J connectivity index is 2.84. The van der Waals surface area contributed by atoms with Gasteiger partial charge in [-0.05, 0) is 12.8 Å². The first-order chi connectivity index (χ1) is 10.5. The summed E-state index contributed by atoms with van der Waals surface area (Å²) in [5.41, 5.74) is 6.30. The van der Waals surface area contributed by atoms with Gasteiger partial charge >= 0.3 is 5.69 Å². The molecular formula is C15H25N5O2. The largest absolute Gasteiger partial charge is 0.332 e. The number of nitrogens with zero attached hydrogens (tertiary/aromatic N) is 4. The molecule has 2 rings (SSSR count). The number of aryl methyl sites for hydroxylation is 3. The van der Waals surface area contributed by atoms with Gasteiger partial charge in [0.2, 0.25) is 0 Å². The van der Waals surface area contributed by atoms with Crippen LogP contribution in [0, 0.1) is 0 Å². The normalized spacial score (nSPS) is 13.0. The molecule has 0 aliphatic rings. The lowest BCUT2D eigenvalue weighted by molar-refractivity contribution is 0.488. The molecule has 2 aromatic rings. The first-order valence-electron chi connectivity index (χ1n) is 7.90. The zero-order valence-corrected chi connectivity index (χ0v) is 13.8. The second kappa shape index (κ2) is 6.48. The number of nitrogens with two attached hydrogens (primary N) is 1. The molecule has 22 heavy (non-hydrogen) atoms. The molecule has 0 saturated carbocycles. The van der Waals surface area contributed by atoms with Crippen molar-refractivity contribution in [2.24, 2.45) is 12.8 Å². The first kappa shape index (κ1) is 16.5. The summed E-state index contributed by atoms with van der Waals surface area (Å²) in [6, 6.07) is -0.211. The lowest BCUT2D eigenvalue weighted by atomic mass is 10.2. The second-order valence-electron chi connectivity index (χ2n) is 5.63. The van der Waals surface area contributed by atoms with Crippen molar-refractivity contribution in [3.05, 3.63) is 26.7 Å². The Morgan fingerprint density at radius 2 is 1.86 bits per heavy atom. The van der Waals surface area contributed by atoms with Crippen molar-refractivity contribution < 1.29 is 0 Å². The van der Waals surface area contributed by atoms with Crippen molar-refractivity contribution in [2.75, 3.05) is 0 Å². The zero-order chi connectivity index (χ0) is 16.4. The van der Waals surface area contributed by atoms with Crippen molar-refractivity contribution in [1.82, 2.24) is 18.7 Å². The van der Waals surface area contributed by atoms with Gasteiger partial charge in [0, 0.05) is 32.6 Å². The Kier molecular flexibility index (Phi) is 4.85. The summed E-state index contributed by atoms with van der Waals surface area (Å²) in [4.78, 5) is 29.9. The molecule has 0 aromatic carbocycles. The van der Waals surface area contributed by atoms with E-state index in [-0.39, 0.29) is 23.8 Å². The molecule has 0 saturated heterocycles. The van der Waals surface area contributed by atoms with Crippen LogP contribution in [0.3, 0.4) is 0 Å². The molecule has 0 fully saturated rings. The third kappa shape index (κ3) is 2.61. The van der Waals surface area contributed by atoms with E-state index < -0.39 is 0 Å². The zero-order valence-electron chi connectivity index (χ0n) is 13.8. The molecule has 122 valence electrons. The van der Waals surface area contributed by atoms with Crippen molar-refractivity contribution in [1.29, 1.82) is 0 Å². The molecule has 1 unspecified atom stereocenters. The lowest BCUT2D eigenvalue weighted by Crippen LogP contribution is -2.44. The number of fused-ring (bicyclic) bond motifs is 1. The summed E-state index contributed by atoms with van der Waals surface area (Å²) >= 11 is 0. The molecular weight excluding hydrogens is 282 g/mol. The van der Waals surface area contributed by atoms with Crippen LogP contribution < -0.4 is 17.0 Å². The van der Waals surface area contributed by atoms with Gasteiger partial charge in [-0.1, -0.05) is 20.8 Å². The van der Waals surface area contributed by atoms with Crippen molar-refractivity contribution in [3.63, 3.8) is 0 Å². The summed E-state index contributed by atoms with van der Waals surface area (Å²) < 4.78 is 4.64. The highest BCUT2D eigenvalue weighted by molar-refractivity contribution is 5.71. The van der Waals surface area contributed by atoms with Gasteiger partial charge in [0.25, 0.3) is 5.56 Å². The highest BCUT2D eigenvalue weighted by atomic mass is 16.2. The average molecular weight is 307 g/mol. The Morgan fingerprint density at radius 1 is 1.18 bits per heavy atom. The third-order valence-corrected chi connectivity index (χ3v) is 4.04. The topological polar surface area (TPSA) is 87.8 Å². The van der Waals surface area contributed by atoms with Gasteiger partial charge < -0.3 is 10.3 Å². The number of hydrogen-bond donors (Lipinski definition) is 1. The number of rotatable bonds is 6. The molecule has 7 heteroatoms. The smallest absolute Gasteiger partial charge is 0.326 e. The molecule has 0 aliphatic heterocycles. The van der Waals surface area contributed by atoms with Crippen LogP contribution in [0.2, 0.25) is 0 Å². The highest BCUT2D eigenvalue weighted by Gasteiger charge is 2.19. The van der Waals surface area contributed by atoms with Gasteiger partial charge in [-0.2, -0.15) is 0 Å². The van der Waals surface area contributed by atoms with Crippen LogP contribution in [0.15, 0.2) is 9.59 Å². The molecule has 1 atom stereocenters. The Bertz CT molecular complexity index is 784.